The topological polar surface area (TPSA) is 0 Å². The molecule has 0 N–H and O–H groups in total. The van der Waals surface area contributed by atoms with E-state index >= 15 is 0 Å². The molecule has 3 aromatic rings. The lowest BCUT2D eigenvalue weighted by Gasteiger charge is -2.08. The van der Waals surface area contributed by atoms with Gasteiger partial charge in [0.2, 0.25) is 0 Å². The fraction of sp³-hybridized carbons (Fsp3) is 0.250. The van der Waals surface area contributed by atoms with Gasteiger partial charge in [0.05, 0.1) is 0 Å². The van der Waals surface area contributed by atoms with Crippen LogP contribution in [0, 0.1) is 5.82 Å². The Hall–Kier alpha value is -2.12. The lowest BCUT2D eigenvalue weighted by atomic mass is 9.98. The second-order valence-corrected chi connectivity index (χ2v) is 7.56. The second-order valence-electron chi connectivity index (χ2n) is 7.12. The number of rotatable bonds is 5. The van der Waals surface area contributed by atoms with Gasteiger partial charge in [-0.25, -0.2) is 4.39 Å². The van der Waals surface area contributed by atoms with Crippen molar-refractivity contribution in [1.82, 2.24) is 0 Å². The van der Waals surface area contributed by atoms with E-state index in [2.05, 4.69) is 25.1 Å². The Bertz CT molecular complexity index is 941. The molecule has 3 aromatic carbocycles. The van der Waals surface area contributed by atoms with Crippen LogP contribution in [0.25, 0.3) is 22.3 Å². The zero-order chi connectivity index (χ0) is 18.1. The summed E-state index contributed by atoms with van der Waals surface area (Å²) >= 11 is 5.96. The van der Waals surface area contributed by atoms with Crippen molar-refractivity contribution in [3.63, 3.8) is 0 Å². The van der Waals surface area contributed by atoms with Crippen LogP contribution in [-0.4, -0.2) is 0 Å². The van der Waals surface area contributed by atoms with E-state index in [1.165, 1.54) is 41.5 Å². The van der Waals surface area contributed by atoms with Crippen LogP contribution in [0.15, 0.2) is 54.6 Å². The maximum Gasteiger partial charge on any atom is 0.131 e. The molecule has 1 aliphatic rings. The molecule has 4 rings (SSSR count). The van der Waals surface area contributed by atoms with E-state index in [0.29, 0.717) is 10.6 Å². The van der Waals surface area contributed by atoms with Crippen molar-refractivity contribution in [3.05, 3.63) is 82.1 Å². The fourth-order valence-electron chi connectivity index (χ4n) is 3.86. The lowest BCUT2D eigenvalue weighted by Crippen LogP contribution is -1.89. The highest BCUT2D eigenvalue weighted by atomic mass is 35.5. The maximum absolute atomic E-state index is 14.8. The average Bonchev–Trinajstić information content (AvgIpc) is 2.99. The predicted octanol–water partition coefficient (Wildman–Crippen LogP) is 7.45. The van der Waals surface area contributed by atoms with Crippen LogP contribution < -0.4 is 0 Å². The van der Waals surface area contributed by atoms with Gasteiger partial charge in [-0.05, 0) is 76.9 Å². The summed E-state index contributed by atoms with van der Waals surface area (Å²) in [6.07, 6.45) is 5.75. The van der Waals surface area contributed by atoms with Gasteiger partial charge < -0.3 is 0 Å². The Kier molecular flexibility index (Phi) is 4.82. The van der Waals surface area contributed by atoms with Crippen LogP contribution in [0.4, 0.5) is 4.39 Å². The molecule has 0 unspecified atom stereocenters. The lowest BCUT2D eigenvalue weighted by molar-refractivity contribution is 0.631. The van der Waals surface area contributed by atoms with E-state index in [-0.39, 0.29) is 5.82 Å². The van der Waals surface area contributed by atoms with E-state index in [1.807, 2.05) is 18.2 Å². The quantitative estimate of drug-likeness (QED) is 0.322. The summed E-state index contributed by atoms with van der Waals surface area (Å²) in [5, 5.41) is 0.665. The molecule has 0 heterocycles. The van der Waals surface area contributed by atoms with E-state index in [4.69, 9.17) is 11.6 Å². The van der Waals surface area contributed by atoms with Crippen molar-refractivity contribution in [3.8, 4) is 22.3 Å². The molecular formula is C24H22ClF. The highest BCUT2D eigenvalue weighted by molar-refractivity contribution is 6.30. The number of unbranched alkanes of at least 4 members (excludes halogenated alkanes) is 2. The largest absolute Gasteiger partial charge is 0.206 e. The van der Waals surface area contributed by atoms with E-state index in [1.54, 1.807) is 18.2 Å². The fourth-order valence-corrected chi connectivity index (χ4v) is 3.99. The zero-order valence-corrected chi connectivity index (χ0v) is 15.7. The summed E-state index contributed by atoms with van der Waals surface area (Å²) in [5.74, 6) is -0.175. The molecular weight excluding hydrogens is 343 g/mol. The van der Waals surface area contributed by atoms with Crippen molar-refractivity contribution in [2.24, 2.45) is 0 Å². The first-order valence-corrected chi connectivity index (χ1v) is 9.74. The molecule has 2 heteroatoms. The summed E-state index contributed by atoms with van der Waals surface area (Å²) < 4.78 is 14.8. The maximum atomic E-state index is 14.8. The molecule has 0 saturated heterocycles. The van der Waals surface area contributed by atoms with Crippen molar-refractivity contribution in [1.29, 1.82) is 0 Å². The van der Waals surface area contributed by atoms with Gasteiger partial charge >= 0.3 is 0 Å². The average molecular weight is 365 g/mol. The third-order valence-corrected chi connectivity index (χ3v) is 5.51. The van der Waals surface area contributed by atoms with Crippen LogP contribution in [0.3, 0.4) is 0 Å². The number of hydrogen-bond donors (Lipinski definition) is 0. The number of aryl methyl sites for hydroxylation is 1. The molecule has 0 radical (unpaired) electrons. The van der Waals surface area contributed by atoms with Crippen LogP contribution >= 0.6 is 11.6 Å². The van der Waals surface area contributed by atoms with Crippen molar-refractivity contribution in [2.45, 2.75) is 39.0 Å². The minimum atomic E-state index is -0.175. The molecule has 0 nitrogen and oxygen atoms in total. The minimum Gasteiger partial charge on any atom is -0.206 e. The van der Waals surface area contributed by atoms with Gasteiger partial charge in [-0.1, -0.05) is 61.7 Å². The Morgan fingerprint density at radius 3 is 2.38 bits per heavy atom. The van der Waals surface area contributed by atoms with Gasteiger partial charge in [0, 0.05) is 10.6 Å². The number of fused-ring (bicyclic) bond motifs is 3. The van der Waals surface area contributed by atoms with Crippen molar-refractivity contribution < 1.29 is 4.39 Å². The van der Waals surface area contributed by atoms with Crippen LogP contribution in [-0.2, 0) is 12.8 Å². The predicted molar refractivity (Wildman–Crippen MR) is 108 cm³/mol. The molecule has 0 fully saturated rings. The molecule has 0 atom stereocenters. The first-order valence-electron chi connectivity index (χ1n) is 9.36. The summed E-state index contributed by atoms with van der Waals surface area (Å²) in [4.78, 5) is 0. The first-order chi connectivity index (χ1) is 12.7. The zero-order valence-electron chi connectivity index (χ0n) is 15.0. The highest BCUT2D eigenvalue weighted by Gasteiger charge is 2.21. The highest BCUT2D eigenvalue weighted by Crippen LogP contribution is 2.40. The minimum absolute atomic E-state index is 0.175. The Labute approximate surface area is 159 Å². The van der Waals surface area contributed by atoms with E-state index < -0.39 is 0 Å². The summed E-state index contributed by atoms with van der Waals surface area (Å²) in [6.45, 7) is 2.23. The van der Waals surface area contributed by atoms with Gasteiger partial charge in [-0.2, -0.15) is 0 Å². The van der Waals surface area contributed by atoms with Gasteiger partial charge in [-0.15, -0.1) is 0 Å². The second kappa shape index (κ2) is 7.25. The first kappa shape index (κ1) is 17.3. The molecule has 0 amide bonds. The molecule has 0 spiro atoms. The van der Waals surface area contributed by atoms with Gasteiger partial charge in [0.25, 0.3) is 0 Å². The van der Waals surface area contributed by atoms with E-state index in [0.717, 1.165) is 24.0 Å². The molecule has 0 aliphatic heterocycles. The molecule has 26 heavy (non-hydrogen) atoms. The van der Waals surface area contributed by atoms with Crippen molar-refractivity contribution in [2.75, 3.05) is 0 Å². The van der Waals surface area contributed by atoms with E-state index in [9.17, 15) is 4.39 Å². The SMILES string of the molecule is CCCCCc1ccc2c(c1)Cc1cc(-c3ccc(Cl)cc3)c(F)cc1-2. The smallest absolute Gasteiger partial charge is 0.131 e. The number of halogens is 2. The summed E-state index contributed by atoms with van der Waals surface area (Å²) in [6, 6.07) is 17.7. The summed E-state index contributed by atoms with van der Waals surface area (Å²) in [7, 11) is 0. The molecule has 1 aliphatic carbocycles. The van der Waals surface area contributed by atoms with Crippen molar-refractivity contribution >= 4 is 11.6 Å². The van der Waals surface area contributed by atoms with Crippen LogP contribution in [0.1, 0.15) is 42.9 Å². The molecule has 0 aromatic heterocycles. The Balaban J connectivity index is 1.66. The third kappa shape index (κ3) is 3.29. The molecule has 0 bridgehead atoms. The van der Waals surface area contributed by atoms with Gasteiger partial charge in [-0.3, -0.25) is 0 Å². The number of hydrogen-bond acceptors (Lipinski definition) is 0. The summed E-state index contributed by atoms with van der Waals surface area (Å²) in [5.41, 5.74) is 7.65. The number of benzene rings is 3. The standard InChI is InChI=1S/C24H22ClF/c1-2-3-4-5-16-6-11-21-18(12-16)13-19-14-23(24(26)15-22(19)21)17-7-9-20(25)10-8-17/h6-12,14-15H,2-5,13H2,1H3. The molecule has 0 saturated carbocycles. The van der Waals surface area contributed by atoms with Gasteiger partial charge in [0.1, 0.15) is 5.82 Å². The van der Waals surface area contributed by atoms with Crippen LogP contribution in [0.2, 0.25) is 5.02 Å². The van der Waals surface area contributed by atoms with Crippen LogP contribution in [0.5, 0.6) is 0 Å². The Morgan fingerprint density at radius 1 is 0.846 bits per heavy atom. The van der Waals surface area contributed by atoms with Gasteiger partial charge in [0.15, 0.2) is 0 Å². The Morgan fingerprint density at radius 2 is 1.62 bits per heavy atom. The third-order valence-electron chi connectivity index (χ3n) is 5.26. The normalized spacial score (nSPS) is 12.1. The molecule has 132 valence electrons. The monoisotopic (exact) mass is 364 g/mol.